The molecule has 33 heavy (non-hydrogen) atoms. The number of benzene rings is 1. The van der Waals surface area contributed by atoms with Crippen molar-refractivity contribution in [2.75, 3.05) is 18.0 Å². The van der Waals surface area contributed by atoms with Gasteiger partial charge in [0.25, 0.3) is 5.91 Å². The second-order valence-corrected chi connectivity index (χ2v) is 9.02. The second kappa shape index (κ2) is 8.85. The van der Waals surface area contributed by atoms with Crippen LogP contribution in [-0.4, -0.2) is 23.9 Å². The van der Waals surface area contributed by atoms with Gasteiger partial charge in [-0.3, -0.25) is 4.79 Å². The molecule has 1 aliphatic heterocycles. The van der Waals surface area contributed by atoms with Crippen molar-refractivity contribution in [3.05, 3.63) is 76.6 Å². The van der Waals surface area contributed by atoms with Crippen molar-refractivity contribution < 1.29 is 18.0 Å². The summed E-state index contributed by atoms with van der Waals surface area (Å²) in [7, 11) is 0. The van der Waals surface area contributed by atoms with Gasteiger partial charge in [0, 0.05) is 30.1 Å². The minimum Gasteiger partial charge on any atom is -0.467 e. The molecular formula is C27H30N2O4. The van der Waals surface area contributed by atoms with E-state index in [2.05, 4.69) is 17.9 Å². The average Bonchev–Trinajstić information content (AvgIpc) is 3.56. The molecule has 0 saturated carbocycles. The maximum Gasteiger partial charge on any atom is 0.290 e. The molecule has 0 unspecified atom stereocenters. The Balaban J connectivity index is 1.44. The van der Waals surface area contributed by atoms with E-state index in [1.54, 1.807) is 11.2 Å². The number of fused-ring (bicyclic) bond motifs is 1. The van der Waals surface area contributed by atoms with Crippen molar-refractivity contribution in [1.82, 2.24) is 4.90 Å². The Morgan fingerprint density at radius 1 is 0.939 bits per heavy atom. The molecule has 1 fully saturated rings. The molecule has 0 radical (unpaired) electrons. The number of furan rings is 3. The fourth-order valence-electron chi connectivity index (χ4n) is 4.54. The Hall–Kier alpha value is -3.41. The monoisotopic (exact) mass is 446 g/mol. The molecule has 1 aliphatic rings. The van der Waals surface area contributed by atoms with Crippen molar-refractivity contribution in [3.8, 4) is 0 Å². The Bertz CT molecular complexity index is 1260. The highest BCUT2D eigenvalue weighted by atomic mass is 16.4. The number of carbonyl (C=O) groups excluding carboxylic acids is 1. The van der Waals surface area contributed by atoms with Gasteiger partial charge in [0.1, 0.15) is 17.1 Å². The van der Waals surface area contributed by atoms with E-state index in [4.69, 9.17) is 13.3 Å². The van der Waals surface area contributed by atoms with Crippen LogP contribution in [0.1, 0.15) is 58.0 Å². The fourth-order valence-corrected chi connectivity index (χ4v) is 4.54. The summed E-state index contributed by atoms with van der Waals surface area (Å²) in [5, 5.41) is 0.977. The number of amides is 1. The van der Waals surface area contributed by atoms with E-state index in [0.29, 0.717) is 24.6 Å². The summed E-state index contributed by atoms with van der Waals surface area (Å²) in [6.45, 7) is 8.76. The van der Waals surface area contributed by atoms with Crippen LogP contribution in [0.3, 0.4) is 0 Å². The van der Waals surface area contributed by atoms with Crippen LogP contribution in [-0.2, 0) is 13.1 Å². The molecule has 3 aromatic heterocycles. The van der Waals surface area contributed by atoms with Crippen LogP contribution >= 0.6 is 0 Å². The van der Waals surface area contributed by atoms with Crippen LogP contribution < -0.4 is 4.90 Å². The van der Waals surface area contributed by atoms with Gasteiger partial charge in [-0.05, 0) is 81.5 Å². The van der Waals surface area contributed by atoms with E-state index >= 15 is 0 Å². The fraction of sp³-hybridized carbons (Fsp3) is 0.370. The predicted molar refractivity (Wildman–Crippen MR) is 127 cm³/mol. The Morgan fingerprint density at radius 3 is 2.45 bits per heavy atom. The number of carbonyl (C=O) groups is 1. The Morgan fingerprint density at radius 2 is 1.70 bits per heavy atom. The number of rotatable bonds is 6. The lowest BCUT2D eigenvalue weighted by atomic mass is 10.0. The standard InChI is InChI=1S/C27H30N2O4/c1-18-14-23-20(3)26(33-24(23)15-19(18)2)27(30)29(16-21-8-7-13-31-21)17-22-9-10-25(32-22)28-11-5-4-6-12-28/h7-10,13-15H,4-6,11-12,16-17H2,1-3H3. The maximum atomic E-state index is 13.7. The van der Waals surface area contributed by atoms with Gasteiger partial charge in [-0.1, -0.05) is 0 Å². The van der Waals surface area contributed by atoms with Crippen LogP contribution in [0.25, 0.3) is 11.0 Å². The van der Waals surface area contributed by atoms with Gasteiger partial charge in [-0.25, -0.2) is 0 Å². The third kappa shape index (κ3) is 4.30. The van der Waals surface area contributed by atoms with Crippen molar-refractivity contribution in [2.24, 2.45) is 0 Å². The van der Waals surface area contributed by atoms with Crippen molar-refractivity contribution >= 4 is 22.8 Å². The second-order valence-electron chi connectivity index (χ2n) is 9.02. The largest absolute Gasteiger partial charge is 0.467 e. The molecule has 6 nitrogen and oxygen atoms in total. The minimum absolute atomic E-state index is 0.175. The van der Waals surface area contributed by atoms with Crippen LogP contribution in [0.4, 0.5) is 5.88 Å². The molecule has 6 heteroatoms. The highest BCUT2D eigenvalue weighted by molar-refractivity contribution is 5.99. The molecule has 4 aromatic rings. The van der Waals surface area contributed by atoms with E-state index in [1.807, 2.05) is 44.2 Å². The number of anilines is 1. The molecule has 1 saturated heterocycles. The Kier molecular flexibility index (Phi) is 5.75. The predicted octanol–water partition coefficient (Wildman–Crippen LogP) is 6.38. The average molecular weight is 447 g/mol. The summed E-state index contributed by atoms with van der Waals surface area (Å²) in [5.41, 5.74) is 3.92. The molecule has 1 amide bonds. The van der Waals surface area contributed by atoms with Gasteiger partial charge in [-0.2, -0.15) is 0 Å². The highest BCUT2D eigenvalue weighted by Crippen LogP contribution is 2.30. The number of aryl methyl sites for hydroxylation is 3. The van der Waals surface area contributed by atoms with Crippen LogP contribution in [0, 0.1) is 20.8 Å². The van der Waals surface area contributed by atoms with Gasteiger partial charge >= 0.3 is 0 Å². The third-order valence-corrected chi connectivity index (χ3v) is 6.62. The first kappa shape index (κ1) is 21.4. The zero-order valence-corrected chi connectivity index (χ0v) is 19.5. The molecule has 172 valence electrons. The summed E-state index contributed by atoms with van der Waals surface area (Å²) in [4.78, 5) is 17.7. The number of nitrogens with zero attached hydrogens (tertiary/aromatic N) is 2. The molecule has 0 bridgehead atoms. The Labute approximate surface area is 193 Å². The van der Waals surface area contributed by atoms with Crippen LogP contribution in [0.2, 0.25) is 0 Å². The first-order valence-electron chi connectivity index (χ1n) is 11.7. The van der Waals surface area contributed by atoms with Gasteiger partial charge < -0.3 is 23.1 Å². The lowest BCUT2D eigenvalue weighted by Gasteiger charge is -2.26. The maximum absolute atomic E-state index is 13.7. The van der Waals surface area contributed by atoms with Crippen LogP contribution in [0.5, 0.6) is 0 Å². The third-order valence-electron chi connectivity index (χ3n) is 6.62. The van der Waals surface area contributed by atoms with Gasteiger partial charge in [0.05, 0.1) is 19.4 Å². The zero-order valence-electron chi connectivity index (χ0n) is 19.5. The van der Waals surface area contributed by atoms with Crippen LogP contribution in [0.15, 0.2) is 55.9 Å². The zero-order chi connectivity index (χ0) is 22.9. The number of piperidine rings is 1. The molecule has 0 atom stereocenters. The lowest BCUT2D eigenvalue weighted by Crippen LogP contribution is -2.30. The van der Waals surface area contributed by atoms with E-state index in [0.717, 1.165) is 46.8 Å². The van der Waals surface area contributed by atoms with E-state index in [9.17, 15) is 4.79 Å². The minimum atomic E-state index is -0.175. The lowest BCUT2D eigenvalue weighted by molar-refractivity contribution is 0.0674. The molecule has 0 aliphatic carbocycles. The van der Waals surface area contributed by atoms with Gasteiger partial charge in [-0.15, -0.1) is 0 Å². The molecule has 5 rings (SSSR count). The quantitative estimate of drug-likeness (QED) is 0.344. The summed E-state index contributed by atoms with van der Waals surface area (Å²) in [5.74, 6) is 2.53. The van der Waals surface area contributed by atoms with E-state index in [-0.39, 0.29) is 5.91 Å². The van der Waals surface area contributed by atoms with Crippen molar-refractivity contribution in [1.29, 1.82) is 0 Å². The summed E-state index contributed by atoms with van der Waals surface area (Å²) >= 11 is 0. The highest BCUT2D eigenvalue weighted by Gasteiger charge is 2.26. The van der Waals surface area contributed by atoms with Crippen molar-refractivity contribution in [3.63, 3.8) is 0 Å². The van der Waals surface area contributed by atoms with E-state index < -0.39 is 0 Å². The topological polar surface area (TPSA) is 63.0 Å². The normalized spacial score (nSPS) is 14.2. The molecular weight excluding hydrogens is 416 g/mol. The van der Waals surface area contributed by atoms with Gasteiger partial charge in [0.15, 0.2) is 11.6 Å². The van der Waals surface area contributed by atoms with Gasteiger partial charge in [0.2, 0.25) is 0 Å². The number of hydrogen-bond acceptors (Lipinski definition) is 5. The first-order chi connectivity index (χ1) is 16.0. The summed E-state index contributed by atoms with van der Waals surface area (Å²) < 4.78 is 17.8. The smallest absolute Gasteiger partial charge is 0.290 e. The number of hydrogen-bond donors (Lipinski definition) is 0. The summed E-state index contributed by atoms with van der Waals surface area (Å²) in [6.07, 6.45) is 5.26. The summed E-state index contributed by atoms with van der Waals surface area (Å²) in [6, 6.07) is 11.8. The molecule has 0 N–H and O–H groups in total. The molecule has 4 heterocycles. The van der Waals surface area contributed by atoms with Crippen molar-refractivity contribution in [2.45, 2.75) is 53.1 Å². The SMILES string of the molecule is Cc1cc2oc(C(=O)N(Cc3ccco3)Cc3ccc(N4CCCCC4)o3)c(C)c2cc1C. The molecule has 1 aromatic carbocycles. The van der Waals surface area contributed by atoms with E-state index in [1.165, 1.54) is 24.8 Å². The molecule has 0 spiro atoms. The first-order valence-corrected chi connectivity index (χ1v) is 11.7.